The van der Waals surface area contributed by atoms with Crippen molar-refractivity contribution < 1.29 is 4.79 Å². The number of rotatable bonds is 8. The normalized spacial score (nSPS) is 10.9. The topological polar surface area (TPSA) is 54.9 Å². The molecule has 3 aromatic rings. The Bertz CT molecular complexity index is 864. The standard InChI is InChI=1S/C20H21N3OS3/c1-14(2)12-25-19-22-23-20(27-19)26-13-18(24)21-17-10-8-16(9-11-17)15-6-4-3-5-7-15/h3-11,14H,12-13H2,1-2H3,(H,21,24). The molecule has 0 unspecified atom stereocenters. The number of carbonyl (C=O) groups excluding carboxylic acids is 1. The van der Waals surface area contributed by atoms with Gasteiger partial charge in [0.15, 0.2) is 8.68 Å². The van der Waals surface area contributed by atoms with E-state index in [9.17, 15) is 4.79 Å². The summed E-state index contributed by atoms with van der Waals surface area (Å²) < 4.78 is 1.79. The molecule has 4 nitrogen and oxygen atoms in total. The molecule has 2 aromatic carbocycles. The van der Waals surface area contributed by atoms with Gasteiger partial charge >= 0.3 is 0 Å². The molecule has 0 aliphatic rings. The van der Waals surface area contributed by atoms with Crippen molar-refractivity contribution in [2.75, 3.05) is 16.8 Å². The van der Waals surface area contributed by atoms with Gasteiger partial charge in [0.05, 0.1) is 5.75 Å². The highest BCUT2D eigenvalue weighted by molar-refractivity contribution is 8.03. The molecule has 0 aliphatic carbocycles. The quantitative estimate of drug-likeness (QED) is 0.479. The van der Waals surface area contributed by atoms with Crippen LogP contribution in [0.1, 0.15) is 13.8 Å². The van der Waals surface area contributed by atoms with Gasteiger partial charge in [-0.2, -0.15) is 0 Å². The van der Waals surface area contributed by atoms with E-state index in [2.05, 4.69) is 41.5 Å². The Labute approximate surface area is 172 Å². The molecule has 140 valence electrons. The second-order valence-electron chi connectivity index (χ2n) is 6.32. The average Bonchev–Trinajstić information content (AvgIpc) is 3.14. The number of carbonyl (C=O) groups is 1. The SMILES string of the molecule is CC(C)CSc1nnc(SCC(=O)Nc2ccc(-c3ccccc3)cc2)s1. The van der Waals surface area contributed by atoms with E-state index in [0.29, 0.717) is 11.7 Å². The van der Waals surface area contributed by atoms with Gasteiger partial charge in [0.25, 0.3) is 0 Å². The number of amides is 1. The number of nitrogens with zero attached hydrogens (tertiary/aromatic N) is 2. The molecule has 1 amide bonds. The fourth-order valence-electron chi connectivity index (χ4n) is 2.25. The molecule has 1 aromatic heterocycles. The smallest absolute Gasteiger partial charge is 0.234 e. The minimum absolute atomic E-state index is 0.0426. The van der Waals surface area contributed by atoms with Gasteiger partial charge in [-0.15, -0.1) is 10.2 Å². The van der Waals surface area contributed by atoms with Gasteiger partial charge in [-0.25, -0.2) is 0 Å². The number of hydrogen-bond acceptors (Lipinski definition) is 6. The third kappa shape index (κ3) is 6.37. The lowest BCUT2D eigenvalue weighted by atomic mass is 10.1. The number of nitrogens with one attached hydrogen (secondary N) is 1. The van der Waals surface area contributed by atoms with Crippen molar-refractivity contribution in [1.29, 1.82) is 0 Å². The van der Waals surface area contributed by atoms with E-state index < -0.39 is 0 Å². The summed E-state index contributed by atoms with van der Waals surface area (Å²) in [6, 6.07) is 18.1. The lowest BCUT2D eigenvalue weighted by Crippen LogP contribution is -2.13. The van der Waals surface area contributed by atoms with Crippen LogP contribution >= 0.6 is 34.9 Å². The minimum atomic E-state index is -0.0426. The third-order valence-electron chi connectivity index (χ3n) is 3.53. The minimum Gasteiger partial charge on any atom is -0.325 e. The van der Waals surface area contributed by atoms with Gasteiger partial charge in [0.2, 0.25) is 5.91 Å². The summed E-state index contributed by atoms with van der Waals surface area (Å²) in [4.78, 5) is 12.2. The van der Waals surface area contributed by atoms with Crippen molar-refractivity contribution >= 4 is 46.5 Å². The maximum atomic E-state index is 12.2. The molecular weight excluding hydrogens is 394 g/mol. The Morgan fingerprint density at radius 1 is 0.963 bits per heavy atom. The predicted octanol–water partition coefficient (Wildman–Crippen LogP) is 5.68. The van der Waals surface area contributed by atoms with Gasteiger partial charge in [0.1, 0.15) is 0 Å². The molecule has 1 N–H and O–H groups in total. The van der Waals surface area contributed by atoms with Crippen LogP contribution in [0.25, 0.3) is 11.1 Å². The van der Waals surface area contributed by atoms with Gasteiger partial charge < -0.3 is 5.32 Å². The van der Waals surface area contributed by atoms with Crippen molar-refractivity contribution in [3.05, 3.63) is 54.6 Å². The average molecular weight is 416 g/mol. The van der Waals surface area contributed by atoms with Crippen molar-refractivity contribution in [2.45, 2.75) is 22.5 Å². The first-order valence-corrected chi connectivity index (χ1v) is 11.4. The Kier molecular flexibility index (Phi) is 7.32. The number of anilines is 1. The molecule has 0 saturated heterocycles. The monoisotopic (exact) mass is 415 g/mol. The predicted molar refractivity (Wildman–Crippen MR) is 117 cm³/mol. The van der Waals surface area contributed by atoms with E-state index in [0.717, 1.165) is 31.2 Å². The fraction of sp³-hybridized carbons (Fsp3) is 0.250. The van der Waals surface area contributed by atoms with Crippen LogP contribution in [0.3, 0.4) is 0 Å². The summed E-state index contributed by atoms with van der Waals surface area (Å²) in [7, 11) is 0. The van der Waals surface area contributed by atoms with Crippen LogP contribution in [-0.2, 0) is 4.79 Å². The van der Waals surface area contributed by atoms with E-state index >= 15 is 0 Å². The van der Waals surface area contributed by atoms with E-state index in [1.807, 2.05) is 42.5 Å². The van der Waals surface area contributed by atoms with Crippen LogP contribution in [0.15, 0.2) is 63.3 Å². The van der Waals surface area contributed by atoms with Crippen LogP contribution in [-0.4, -0.2) is 27.6 Å². The van der Waals surface area contributed by atoms with E-state index in [4.69, 9.17) is 0 Å². The summed E-state index contributed by atoms with van der Waals surface area (Å²) in [5.41, 5.74) is 3.09. The second kappa shape index (κ2) is 9.92. The molecule has 27 heavy (non-hydrogen) atoms. The van der Waals surface area contributed by atoms with Crippen LogP contribution in [0.2, 0.25) is 0 Å². The van der Waals surface area contributed by atoms with Crippen LogP contribution in [0, 0.1) is 5.92 Å². The molecule has 0 saturated carbocycles. The van der Waals surface area contributed by atoms with Crippen LogP contribution in [0.5, 0.6) is 0 Å². The zero-order valence-electron chi connectivity index (χ0n) is 15.2. The van der Waals surface area contributed by atoms with E-state index in [-0.39, 0.29) is 5.91 Å². The molecular formula is C20H21N3OS3. The molecule has 0 bridgehead atoms. The Morgan fingerprint density at radius 3 is 2.26 bits per heavy atom. The molecule has 0 aliphatic heterocycles. The Hall–Kier alpha value is -1.83. The number of thioether (sulfide) groups is 2. The maximum Gasteiger partial charge on any atom is 0.234 e. The van der Waals surface area contributed by atoms with Gasteiger partial charge in [-0.05, 0) is 29.2 Å². The van der Waals surface area contributed by atoms with Gasteiger partial charge in [0, 0.05) is 11.4 Å². The number of benzene rings is 2. The third-order valence-corrected chi connectivity index (χ3v) is 7.15. The first-order valence-electron chi connectivity index (χ1n) is 8.64. The maximum absolute atomic E-state index is 12.2. The Balaban J connectivity index is 1.48. The molecule has 7 heteroatoms. The lowest BCUT2D eigenvalue weighted by Gasteiger charge is -2.06. The highest BCUT2D eigenvalue weighted by Crippen LogP contribution is 2.29. The van der Waals surface area contributed by atoms with Crippen molar-refractivity contribution in [2.24, 2.45) is 5.92 Å². The summed E-state index contributed by atoms with van der Waals surface area (Å²) in [5, 5.41) is 11.2. The Morgan fingerprint density at radius 2 is 1.59 bits per heavy atom. The summed E-state index contributed by atoms with van der Waals surface area (Å²) >= 11 is 4.69. The highest BCUT2D eigenvalue weighted by Gasteiger charge is 2.09. The molecule has 1 heterocycles. The number of hydrogen-bond donors (Lipinski definition) is 1. The molecule has 3 rings (SSSR count). The van der Waals surface area contributed by atoms with Crippen molar-refractivity contribution in [1.82, 2.24) is 10.2 Å². The van der Waals surface area contributed by atoms with Crippen LogP contribution in [0.4, 0.5) is 5.69 Å². The number of aromatic nitrogens is 2. The zero-order valence-corrected chi connectivity index (χ0v) is 17.7. The van der Waals surface area contributed by atoms with Crippen molar-refractivity contribution in [3.63, 3.8) is 0 Å². The fourth-order valence-corrected chi connectivity index (χ4v) is 5.05. The first-order chi connectivity index (χ1) is 13.1. The highest BCUT2D eigenvalue weighted by atomic mass is 32.2. The van der Waals surface area contributed by atoms with Gasteiger partial charge in [-0.1, -0.05) is 91.2 Å². The zero-order chi connectivity index (χ0) is 19.1. The van der Waals surface area contributed by atoms with E-state index in [1.54, 1.807) is 23.1 Å². The molecule has 0 radical (unpaired) electrons. The molecule has 0 fully saturated rings. The van der Waals surface area contributed by atoms with Crippen LogP contribution < -0.4 is 5.32 Å². The summed E-state index contributed by atoms with van der Waals surface area (Å²) in [6.45, 7) is 4.36. The van der Waals surface area contributed by atoms with Gasteiger partial charge in [-0.3, -0.25) is 4.79 Å². The molecule has 0 atom stereocenters. The van der Waals surface area contributed by atoms with E-state index in [1.165, 1.54) is 11.8 Å². The lowest BCUT2D eigenvalue weighted by molar-refractivity contribution is -0.113. The summed E-state index contributed by atoms with van der Waals surface area (Å²) in [5.74, 6) is 1.93. The molecule has 0 spiro atoms. The summed E-state index contributed by atoms with van der Waals surface area (Å²) in [6.07, 6.45) is 0. The van der Waals surface area contributed by atoms with Crippen molar-refractivity contribution in [3.8, 4) is 11.1 Å². The largest absolute Gasteiger partial charge is 0.325 e. The first kappa shape index (κ1) is 19.9. The second-order valence-corrected chi connectivity index (χ2v) is 9.79.